The van der Waals surface area contributed by atoms with Crippen LogP contribution in [0.4, 0.5) is 0 Å². The SMILES string of the molecule is CCCCCCCCCCCCCCOCC1COC(COCCCCCCN2C=CSC2OS(=O)(=O)c2ccc(C)cc2)C1. The predicted octanol–water partition coefficient (Wildman–Crippen LogP) is 9.20. The van der Waals surface area contributed by atoms with Gasteiger partial charge in [-0.1, -0.05) is 120 Å². The summed E-state index contributed by atoms with van der Waals surface area (Å²) < 4.78 is 48.7. The number of thioether (sulfide) groups is 1. The molecule has 2 aliphatic rings. The van der Waals surface area contributed by atoms with Crippen LogP contribution in [0.3, 0.4) is 0 Å². The maximum atomic E-state index is 12.7. The Kier molecular flexibility index (Phi) is 19.8. The van der Waals surface area contributed by atoms with Crippen LogP contribution in [0.2, 0.25) is 0 Å². The summed E-state index contributed by atoms with van der Waals surface area (Å²) in [6.45, 7) is 8.86. The summed E-state index contributed by atoms with van der Waals surface area (Å²) in [6.07, 6.45) is 23.7. The van der Waals surface area contributed by atoms with Crippen LogP contribution in [0.25, 0.3) is 0 Å². The molecule has 0 amide bonds. The van der Waals surface area contributed by atoms with Crippen LogP contribution >= 0.6 is 11.8 Å². The number of aryl methyl sites for hydroxylation is 1. The van der Waals surface area contributed by atoms with Crippen molar-refractivity contribution < 1.29 is 26.8 Å². The van der Waals surface area contributed by atoms with Crippen LogP contribution < -0.4 is 0 Å². The van der Waals surface area contributed by atoms with E-state index in [0.717, 1.165) is 70.6 Å². The highest BCUT2D eigenvalue weighted by Crippen LogP contribution is 2.30. The minimum absolute atomic E-state index is 0.192. The molecule has 0 saturated carbocycles. The summed E-state index contributed by atoms with van der Waals surface area (Å²) in [7, 11) is -3.80. The summed E-state index contributed by atoms with van der Waals surface area (Å²) >= 11 is 1.38. The molecule has 2 heterocycles. The van der Waals surface area contributed by atoms with Crippen molar-refractivity contribution in [1.82, 2.24) is 4.90 Å². The van der Waals surface area contributed by atoms with E-state index in [4.69, 9.17) is 18.4 Å². The third-order valence-corrected chi connectivity index (χ3v) is 10.9. The number of hydrogen-bond acceptors (Lipinski definition) is 8. The van der Waals surface area contributed by atoms with Gasteiger partial charge < -0.3 is 19.1 Å². The Balaban J connectivity index is 1.09. The molecule has 0 bridgehead atoms. The number of rotatable bonds is 27. The molecule has 1 saturated heterocycles. The van der Waals surface area contributed by atoms with Gasteiger partial charge in [0, 0.05) is 31.9 Å². The van der Waals surface area contributed by atoms with E-state index in [1.165, 1.54) is 88.8 Å². The molecule has 0 aliphatic carbocycles. The Morgan fingerprint density at radius 1 is 0.800 bits per heavy atom. The van der Waals surface area contributed by atoms with Crippen LogP contribution in [0.1, 0.15) is 122 Å². The highest BCUT2D eigenvalue weighted by Gasteiger charge is 2.28. The average Bonchev–Trinajstić information content (AvgIpc) is 3.67. The zero-order chi connectivity index (χ0) is 32.0. The van der Waals surface area contributed by atoms with Crippen LogP contribution in [0.5, 0.6) is 0 Å². The van der Waals surface area contributed by atoms with Gasteiger partial charge in [0.1, 0.15) is 0 Å². The molecule has 0 aromatic heterocycles. The summed E-state index contributed by atoms with van der Waals surface area (Å²) in [6, 6.07) is 6.76. The third-order valence-electron chi connectivity index (χ3n) is 8.66. The van der Waals surface area contributed by atoms with Crippen molar-refractivity contribution in [3.05, 3.63) is 41.4 Å². The van der Waals surface area contributed by atoms with Crippen molar-refractivity contribution in [1.29, 1.82) is 0 Å². The van der Waals surface area contributed by atoms with E-state index in [-0.39, 0.29) is 11.0 Å². The highest BCUT2D eigenvalue weighted by molar-refractivity contribution is 8.03. The van der Waals surface area contributed by atoms with Crippen molar-refractivity contribution in [2.24, 2.45) is 5.92 Å². The second kappa shape index (κ2) is 23.3. The van der Waals surface area contributed by atoms with Gasteiger partial charge in [-0.2, -0.15) is 8.42 Å². The van der Waals surface area contributed by atoms with E-state index in [0.29, 0.717) is 12.5 Å². The standard InChI is InChI=1S/C36H61NO6S2/c1-3-4-5-6-7-8-9-10-11-12-14-17-25-40-29-33-28-34(42-30-33)31-41-26-18-15-13-16-23-37-24-27-44-36(37)43-45(38,39)35-21-19-32(2)20-22-35/h19-22,24,27,33-34,36H,3-18,23,25-26,28-31H2,1-2H3. The Labute approximate surface area is 279 Å². The van der Waals surface area contributed by atoms with Crippen molar-refractivity contribution in [3.8, 4) is 0 Å². The van der Waals surface area contributed by atoms with E-state index in [2.05, 4.69) is 6.92 Å². The first-order valence-electron chi connectivity index (χ1n) is 17.8. The first kappa shape index (κ1) is 38.3. The topological polar surface area (TPSA) is 74.3 Å². The van der Waals surface area contributed by atoms with Gasteiger partial charge in [-0.05, 0) is 50.1 Å². The first-order chi connectivity index (χ1) is 22.0. The summed E-state index contributed by atoms with van der Waals surface area (Å²) in [5.74, 6) is 0.494. The molecule has 1 aromatic carbocycles. The van der Waals surface area contributed by atoms with Crippen molar-refractivity contribution in [2.45, 2.75) is 140 Å². The van der Waals surface area contributed by atoms with E-state index in [1.807, 2.05) is 23.4 Å². The molecule has 0 radical (unpaired) electrons. The highest BCUT2D eigenvalue weighted by atomic mass is 32.2. The van der Waals surface area contributed by atoms with Crippen LogP contribution in [0.15, 0.2) is 40.8 Å². The molecule has 0 spiro atoms. The Hall–Kier alpha value is -1.10. The molecule has 7 nitrogen and oxygen atoms in total. The second-order valence-corrected chi connectivity index (χ2v) is 15.4. The fourth-order valence-corrected chi connectivity index (χ4v) is 7.92. The summed E-state index contributed by atoms with van der Waals surface area (Å²) in [5, 5.41) is 1.89. The molecule has 45 heavy (non-hydrogen) atoms. The normalized spacial score (nSPS) is 20.0. The lowest BCUT2D eigenvalue weighted by atomic mass is 10.1. The Morgan fingerprint density at radius 3 is 2.02 bits per heavy atom. The smallest absolute Gasteiger partial charge is 0.299 e. The Morgan fingerprint density at radius 2 is 1.38 bits per heavy atom. The Bertz CT molecular complexity index is 1020. The lowest BCUT2D eigenvalue weighted by Crippen LogP contribution is -2.30. The molecule has 1 fully saturated rings. The van der Waals surface area contributed by atoms with Gasteiger partial charge in [0.2, 0.25) is 5.56 Å². The van der Waals surface area contributed by atoms with Crippen LogP contribution in [0, 0.1) is 12.8 Å². The number of unbranched alkanes of at least 4 members (excludes halogenated alkanes) is 14. The number of benzene rings is 1. The molecule has 258 valence electrons. The molecule has 9 heteroatoms. The van der Waals surface area contributed by atoms with Gasteiger partial charge in [0.15, 0.2) is 0 Å². The largest absolute Gasteiger partial charge is 0.381 e. The van der Waals surface area contributed by atoms with Crippen molar-refractivity contribution in [2.75, 3.05) is 39.6 Å². The van der Waals surface area contributed by atoms with Gasteiger partial charge in [-0.25, -0.2) is 4.18 Å². The van der Waals surface area contributed by atoms with Crippen LogP contribution in [-0.2, 0) is 28.5 Å². The number of hydrogen-bond donors (Lipinski definition) is 0. The van der Waals surface area contributed by atoms with Gasteiger partial charge in [0.05, 0.1) is 30.8 Å². The fraction of sp³-hybridized carbons (Fsp3) is 0.778. The lowest BCUT2D eigenvalue weighted by Gasteiger charge is -2.24. The summed E-state index contributed by atoms with van der Waals surface area (Å²) in [4.78, 5) is 2.15. The van der Waals surface area contributed by atoms with Gasteiger partial charge >= 0.3 is 0 Å². The molecule has 3 unspecified atom stereocenters. The lowest BCUT2D eigenvalue weighted by molar-refractivity contribution is 0.0140. The van der Waals surface area contributed by atoms with Gasteiger partial charge in [-0.15, -0.1) is 0 Å². The maximum absolute atomic E-state index is 12.7. The van der Waals surface area contributed by atoms with E-state index >= 15 is 0 Å². The van der Waals surface area contributed by atoms with E-state index in [9.17, 15) is 8.42 Å². The molecule has 3 atom stereocenters. The maximum Gasteiger partial charge on any atom is 0.299 e. The van der Waals surface area contributed by atoms with E-state index < -0.39 is 15.7 Å². The molecule has 2 aliphatic heterocycles. The molecular formula is C36H61NO6S2. The van der Waals surface area contributed by atoms with Gasteiger partial charge in [-0.3, -0.25) is 0 Å². The zero-order valence-electron chi connectivity index (χ0n) is 28.2. The monoisotopic (exact) mass is 667 g/mol. The average molecular weight is 668 g/mol. The number of ether oxygens (including phenoxy) is 3. The van der Waals surface area contributed by atoms with Crippen LogP contribution in [-0.4, -0.2) is 64.6 Å². The molecular weight excluding hydrogens is 607 g/mol. The van der Waals surface area contributed by atoms with E-state index in [1.54, 1.807) is 24.3 Å². The minimum atomic E-state index is -3.80. The van der Waals surface area contributed by atoms with Crippen molar-refractivity contribution >= 4 is 21.9 Å². The molecule has 1 aromatic rings. The zero-order valence-corrected chi connectivity index (χ0v) is 29.8. The van der Waals surface area contributed by atoms with Crippen molar-refractivity contribution in [3.63, 3.8) is 0 Å². The first-order valence-corrected chi connectivity index (χ1v) is 20.2. The number of nitrogens with zero attached hydrogens (tertiary/aromatic N) is 1. The predicted molar refractivity (Wildman–Crippen MR) is 186 cm³/mol. The minimum Gasteiger partial charge on any atom is -0.381 e. The fourth-order valence-electron chi connectivity index (χ4n) is 5.83. The molecule has 3 rings (SSSR count). The summed E-state index contributed by atoms with van der Waals surface area (Å²) in [5.41, 5.74) is 0.466. The van der Waals surface area contributed by atoms with Gasteiger partial charge in [0.25, 0.3) is 10.1 Å². The molecule has 0 N–H and O–H groups in total. The quantitative estimate of drug-likeness (QED) is 0.0679. The third kappa shape index (κ3) is 16.5. The second-order valence-electron chi connectivity index (χ2n) is 12.8.